The molecule has 0 saturated heterocycles. The molecule has 0 rings (SSSR count). The number of rotatable bonds is 0. The van der Waals surface area contributed by atoms with Gasteiger partial charge in [-0.15, -0.1) is 10.2 Å². The van der Waals surface area contributed by atoms with Crippen LogP contribution in [0.1, 0.15) is 0 Å². The van der Waals surface area contributed by atoms with E-state index < -0.39 is 10.2 Å². The number of hydrogen-bond donors (Lipinski definition) is 0. The molecule has 0 saturated carbocycles. The second-order valence-electron chi connectivity index (χ2n) is 0.378. The quantitative estimate of drug-likeness (QED) is 0.372. The van der Waals surface area contributed by atoms with Gasteiger partial charge in [-0.05, 0) is 0 Å². The van der Waals surface area contributed by atoms with Gasteiger partial charge in [0.25, 0.3) is 0 Å². The zero-order valence-corrected chi connectivity index (χ0v) is 4.64. The van der Waals surface area contributed by atoms with Crippen molar-refractivity contribution in [2.75, 3.05) is 0 Å². The minimum Gasteiger partial charge on any atom is -0.222 e. The van der Waals surface area contributed by atoms with Gasteiger partial charge in [0.2, 0.25) is 0 Å². The molecule has 0 radical (unpaired) electrons. The van der Waals surface area contributed by atoms with Gasteiger partial charge in [0.05, 0.1) is 0 Å². The predicted octanol–water partition coefficient (Wildman–Crippen LogP) is -4.76. The van der Waals surface area contributed by atoms with Gasteiger partial charge in [-0.1, -0.05) is 0 Å². The van der Waals surface area contributed by atoms with E-state index in [4.69, 9.17) is 18.6 Å². The molecule has 0 unspecified atom stereocenters. The van der Waals surface area contributed by atoms with Crippen LogP contribution in [0.3, 0.4) is 0 Å². The Labute approximate surface area is 49.8 Å². The van der Waals surface area contributed by atoms with Crippen molar-refractivity contribution < 1.29 is 49.3 Å². The van der Waals surface area contributed by atoms with Gasteiger partial charge in [0, 0.05) is 0 Å². The first-order chi connectivity index (χ1) is 2.00. The summed E-state index contributed by atoms with van der Waals surface area (Å²) < 4.78 is 34.0. The Bertz CT molecular complexity index is 23.0. The van der Waals surface area contributed by atoms with Gasteiger partial charge in [-0.2, -0.15) is 0 Å². The van der Waals surface area contributed by atoms with Crippen molar-refractivity contribution in [3.05, 3.63) is 0 Å². The van der Waals surface area contributed by atoms with Crippen molar-refractivity contribution in [2.45, 2.75) is 0 Å². The Hall–Kier alpha value is 0.792. The Morgan fingerprint density at radius 1 is 0.833 bits per heavy atom. The van der Waals surface area contributed by atoms with Gasteiger partial charge >= 0.3 is 20.4 Å². The SMILES string of the molecule is [O-][Cl+3]([O-])([O-])[O-].[Pd+2]. The van der Waals surface area contributed by atoms with E-state index >= 15 is 0 Å². The van der Waals surface area contributed by atoms with Crippen molar-refractivity contribution in [1.29, 1.82) is 0 Å². The molecule has 0 spiro atoms. The molecule has 0 bridgehead atoms. The molecule has 0 atom stereocenters. The summed E-state index contributed by atoms with van der Waals surface area (Å²) in [5.41, 5.74) is 0. The molecule has 4 nitrogen and oxygen atoms in total. The zero-order chi connectivity index (χ0) is 4.50. The fraction of sp³-hybridized carbons (Fsp3) is 0. The normalized spacial score (nSPS) is 10.0. The summed E-state index contributed by atoms with van der Waals surface area (Å²) >= 11 is 0. The van der Waals surface area contributed by atoms with E-state index in [-0.39, 0.29) is 20.4 Å². The molecule has 0 aromatic carbocycles. The molecule has 0 aliphatic heterocycles. The van der Waals surface area contributed by atoms with Crippen LogP contribution in [0.5, 0.6) is 0 Å². The smallest absolute Gasteiger partial charge is 0.222 e. The number of halogens is 1. The van der Waals surface area contributed by atoms with E-state index in [0.29, 0.717) is 0 Å². The Kier molecular flexibility index (Phi) is 4.77. The summed E-state index contributed by atoms with van der Waals surface area (Å²) in [6.07, 6.45) is 0. The average Bonchev–Trinajstić information content (AvgIpc) is 0.722. The summed E-state index contributed by atoms with van der Waals surface area (Å²) in [5, 5.41) is 0. The van der Waals surface area contributed by atoms with Crippen LogP contribution in [-0.2, 0) is 20.4 Å². The molecule has 0 aromatic rings. The van der Waals surface area contributed by atoms with Crippen LogP contribution in [0, 0.1) is 10.2 Å². The topological polar surface area (TPSA) is 92.2 Å². The molecular formula is ClO4Pd+. The Morgan fingerprint density at radius 3 is 0.833 bits per heavy atom. The van der Waals surface area contributed by atoms with Gasteiger partial charge in [0.15, 0.2) is 0 Å². The first-order valence-electron chi connectivity index (χ1n) is 0.617. The van der Waals surface area contributed by atoms with Crippen molar-refractivity contribution in [3.63, 3.8) is 0 Å². The van der Waals surface area contributed by atoms with Gasteiger partial charge in [-0.25, -0.2) is 18.6 Å². The van der Waals surface area contributed by atoms with Crippen LogP contribution in [-0.4, -0.2) is 0 Å². The first kappa shape index (κ1) is 9.92. The monoisotopic (exact) mass is 205 g/mol. The number of hydrogen-bond acceptors (Lipinski definition) is 4. The third kappa shape index (κ3) is 110. The molecule has 6 heavy (non-hydrogen) atoms. The van der Waals surface area contributed by atoms with E-state index in [0.717, 1.165) is 0 Å². The largest absolute Gasteiger partial charge is 2.00 e. The molecule has 40 valence electrons. The standard InChI is InChI=1S/ClHO4.Pd/c2-1(3,4)5;/h(H,2,3,4,5);/q;+2/p-1. The predicted molar refractivity (Wildman–Crippen MR) is 0 cm³/mol. The van der Waals surface area contributed by atoms with Crippen molar-refractivity contribution in [2.24, 2.45) is 0 Å². The molecule has 0 aromatic heterocycles. The van der Waals surface area contributed by atoms with E-state index in [1.807, 2.05) is 0 Å². The van der Waals surface area contributed by atoms with Crippen LogP contribution in [0.25, 0.3) is 0 Å². The molecule has 0 N–H and O–H groups in total. The van der Waals surface area contributed by atoms with Crippen LogP contribution < -0.4 is 18.6 Å². The minimum atomic E-state index is -4.94. The molecule has 6 heteroatoms. The summed E-state index contributed by atoms with van der Waals surface area (Å²) in [6, 6.07) is 0. The molecule has 0 aliphatic carbocycles. The van der Waals surface area contributed by atoms with Gasteiger partial charge in [-0.3, -0.25) is 0 Å². The minimum absolute atomic E-state index is 0. The van der Waals surface area contributed by atoms with Crippen LogP contribution >= 0.6 is 0 Å². The van der Waals surface area contributed by atoms with Crippen molar-refractivity contribution in [3.8, 4) is 0 Å². The zero-order valence-electron chi connectivity index (χ0n) is 2.33. The second-order valence-corrected chi connectivity index (χ2v) is 1.13. The fourth-order valence-corrected chi connectivity index (χ4v) is 0. The average molecular weight is 206 g/mol. The van der Waals surface area contributed by atoms with Gasteiger partial charge in [0.1, 0.15) is 0 Å². The Morgan fingerprint density at radius 2 is 0.833 bits per heavy atom. The van der Waals surface area contributed by atoms with Crippen LogP contribution in [0.2, 0.25) is 0 Å². The van der Waals surface area contributed by atoms with Crippen LogP contribution in [0.15, 0.2) is 0 Å². The maximum Gasteiger partial charge on any atom is 2.00 e. The summed E-state index contributed by atoms with van der Waals surface area (Å²) in [7, 11) is -4.94. The Balaban J connectivity index is 0. The van der Waals surface area contributed by atoms with E-state index in [2.05, 4.69) is 0 Å². The second kappa shape index (κ2) is 2.88. The molecule has 0 heterocycles. The maximum absolute atomic E-state index is 8.49. The summed E-state index contributed by atoms with van der Waals surface area (Å²) in [5.74, 6) is 0. The van der Waals surface area contributed by atoms with E-state index in [9.17, 15) is 0 Å². The molecule has 0 fully saturated rings. The van der Waals surface area contributed by atoms with Crippen molar-refractivity contribution >= 4 is 0 Å². The molecular weight excluding hydrogens is 206 g/mol. The van der Waals surface area contributed by atoms with Gasteiger partial charge < -0.3 is 0 Å². The molecule has 0 aliphatic rings. The summed E-state index contributed by atoms with van der Waals surface area (Å²) in [6.45, 7) is 0. The third-order valence-electron chi connectivity index (χ3n) is 0. The summed E-state index contributed by atoms with van der Waals surface area (Å²) in [4.78, 5) is 0. The van der Waals surface area contributed by atoms with Crippen molar-refractivity contribution in [1.82, 2.24) is 0 Å². The maximum atomic E-state index is 8.49. The third-order valence-corrected chi connectivity index (χ3v) is 0. The first-order valence-corrected chi connectivity index (χ1v) is 1.85. The van der Waals surface area contributed by atoms with Crippen LogP contribution in [0.4, 0.5) is 0 Å². The fourth-order valence-electron chi connectivity index (χ4n) is 0. The van der Waals surface area contributed by atoms with E-state index in [1.165, 1.54) is 0 Å². The van der Waals surface area contributed by atoms with E-state index in [1.54, 1.807) is 0 Å². The molecule has 0 amide bonds.